The van der Waals surface area contributed by atoms with Gasteiger partial charge >= 0.3 is 6.98 Å². The highest BCUT2D eigenvalue weighted by atomic mass is 19.4. The van der Waals surface area contributed by atoms with Crippen molar-refractivity contribution in [2.45, 2.75) is 18.8 Å². The van der Waals surface area contributed by atoms with E-state index in [4.69, 9.17) is 0 Å². The van der Waals surface area contributed by atoms with Crippen LogP contribution in [0.15, 0.2) is 18.2 Å². The Balaban J connectivity index is 2.46. The standard InChI is InChI=1S/C9H8BF4/c11-9-7(6-4-5-6)2-1-3-8(9)10(12,13)14/h1-3,6H,4-5H2/q-1. The molecule has 0 radical (unpaired) electrons. The zero-order chi connectivity index (χ0) is 10.3. The minimum atomic E-state index is -5.22. The van der Waals surface area contributed by atoms with Crippen LogP contribution in [0.25, 0.3) is 0 Å². The molecular weight excluding hydrogens is 195 g/mol. The molecule has 0 heterocycles. The van der Waals surface area contributed by atoms with Crippen LogP contribution in [0.5, 0.6) is 0 Å². The van der Waals surface area contributed by atoms with Gasteiger partial charge in [-0.2, -0.15) is 0 Å². The van der Waals surface area contributed by atoms with Crippen LogP contribution in [-0.2, 0) is 0 Å². The molecule has 5 heteroatoms. The van der Waals surface area contributed by atoms with E-state index < -0.39 is 18.3 Å². The number of halogens is 4. The van der Waals surface area contributed by atoms with E-state index in [9.17, 15) is 17.3 Å². The Kier molecular flexibility index (Phi) is 2.05. The fourth-order valence-corrected chi connectivity index (χ4v) is 1.53. The van der Waals surface area contributed by atoms with Crippen molar-refractivity contribution >= 4 is 12.4 Å². The van der Waals surface area contributed by atoms with Gasteiger partial charge in [0.05, 0.1) is 5.82 Å². The average Bonchev–Trinajstić information content (AvgIpc) is 2.85. The van der Waals surface area contributed by atoms with E-state index in [1.807, 2.05) is 0 Å². The molecule has 1 saturated carbocycles. The molecule has 0 N–H and O–H groups in total. The molecule has 0 saturated heterocycles. The van der Waals surface area contributed by atoms with Crippen LogP contribution in [0, 0.1) is 5.82 Å². The van der Waals surface area contributed by atoms with Crippen molar-refractivity contribution < 1.29 is 17.3 Å². The molecule has 0 atom stereocenters. The summed E-state index contributed by atoms with van der Waals surface area (Å²) < 4.78 is 50.4. The zero-order valence-corrected chi connectivity index (χ0v) is 7.31. The van der Waals surface area contributed by atoms with Gasteiger partial charge in [-0.1, -0.05) is 23.7 Å². The average molecular weight is 203 g/mol. The highest BCUT2D eigenvalue weighted by molar-refractivity contribution is 6.73. The van der Waals surface area contributed by atoms with Gasteiger partial charge in [0.1, 0.15) is 0 Å². The van der Waals surface area contributed by atoms with E-state index in [0.717, 1.165) is 18.9 Å². The Morgan fingerprint density at radius 2 is 1.79 bits per heavy atom. The fourth-order valence-electron chi connectivity index (χ4n) is 1.53. The molecule has 1 aromatic carbocycles. The molecule has 0 bridgehead atoms. The maximum Gasteiger partial charge on any atom is 0.512 e. The highest BCUT2D eigenvalue weighted by Crippen LogP contribution is 2.41. The summed E-state index contributed by atoms with van der Waals surface area (Å²) in [7, 11) is 0. The summed E-state index contributed by atoms with van der Waals surface area (Å²) in [5, 5.41) is 0. The third kappa shape index (κ3) is 1.63. The summed E-state index contributed by atoms with van der Waals surface area (Å²) in [6.45, 7) is -5.22. The number of rotatable bonds is 2. The quantitative estimate of drug-likeness (QED) is 0.512. The first-order valence-corrected chi connectivity index (χ1v) is 4.48. The molecule has 0 amide bonds. The van der Waals surface area contributed by atoms with E-state index >= 15 is 0 Å². The lowest BCUT2D eigenvalue weighted by Gasteiger charge is -2.17. The van der Waals surface area contributed by atoms with Crippen molar-refractivity contribution in [1.82, 2.24) is 0 Å². The van der Waals surface area contributed by atoms with Gasteiger partial charge in [0.25, 0.3) is 0 Å². The Morgan fingerprint density at radius 1 is 1.14 bits per heavy atom. The summed E-state index contributed by atoms with van der Waals surface area (Å²) in [4.78, 5) is 0. The van der Waals surface area contributed by atoms with E-state index in [-0.39, 0.29) is 11.5 Å². The maximum absolute atomic E-state index is 13.4. The van der Waals surface area contributed by atoms with Crippen LogP contribution < -0.4 is 5.46 Å². The lowest BCUT2D eigenvalue weighted by Crippen LogP contribution is -2.37. The summed E-state index contributed by atoms with van der Waals surface area (Å²) >= 11 is 0. The van der Waals surface area contributed by atoms with Crippen molar-refractivity contribution in [2.24, 2.45) is 0 Å². The number of benzene rings is 1. The lowest BCUT2D eigenvalue weighted by molar-refractivity contribution is 0.493. The van der Waals surface area contributed by atoms with Gasteiger partial charge in [-0.3, -0.25) is 0 Å². The van der Waals surface area contributed by atoms with Crippen LogP contribution in [0.1, 0.15) is 24.3 Å². The molecule has 0 unspecified atom stereocenters. The second-order valence-electron chi connectivity index (χ2n) is 3.60. The van der Waals surface area contributed by atoms with Gasteiger partial charge in [-0.25, -0.2) is 4.39 Å². The second-order valence-corrected chi connectivity index (χ2v) is 3.60. The molecule has 1 aromatic rings. The molecule has 2 rings (SSSR count). The number of hydrogen-bond acceptors (Lipinski definition) is 0. The summed E-state index contributed by atoms with van der Waals surface area (Å²) in [6, 6.07) is 3.53. The Labute approximate surface area is 79.0 Å². The molecule has 0 aliphatic heterocycles. The molecule has 0 nitrogen and oxygen atoms in total. The van der Waals surface area contributed by atoms with Crippen molar-refractivity contribution in [3.05, 3.63) is 29.6 Å². The normalized spacial score (nSPS) is 17.1. The minimum absolute atomic E-state index is 0.00750. The van der Waals surface area contributed by atoms with Crippen LogP contribution in [0.2, 0.25) is 0 Å². The molecule has 1 aliphatic rings. The van der Waals surface area contributed by atoms with E-state index in [2.05, 4.69) is 0 Å². The summed E-state index contributed by atoms with van der Waals surface area (Å²) in [6.07, 6.45) is 1.59. The first-order valence-electron chi connectivity index (χ1n) is 4.48. The number of hydrogen-bond donors (Lipinski definition) is 0. The zero-order valence-electron chi connectivity index (χ0n) is 7.31. The predicted molar refractivity (Wildman–Crippen MR) is 47.1 cm³/mol. The fraction of sp³-hybridized carbons (Fsp3) is 0.333. The van der Waals surface area contributed by atoms with Crippen molar-refractivity contribution in [3.63, 3.8) is 0 Å². The van der Waals surface area contributed by atoms with Gasteiger partial charge in [0, 0.05) is 0 Å². The van der Waals surface area contributed by atoms with Crippen LogP contribution in [-0.4, -0.2) is 6.98 Å². The molecule has 1 aliphatic carbocycles. The monoisotopic (exact) mass is 203 g/mol. The first kappa shape index (κ1) is 9.56. The van der Waals surface area contributed by atoms with Crippen molar-refractivity contribution in [2.75, 3.05) is 0 Å². The lowest BCUT2D eigenvalue weighted by atomic mass is 9.78. The van der Waals surface area contributed by atoms with Crippen molar-refractivity contribution in [1.29, 1.82) is 0 Å². The Morgan fingerprint density at radius 3 is 2.29 bits per heavy atom. The SMILES string of the molecule is Fc1c(C2CC2)cccc1[B-](F)(F)F. The summed E-state index contributed by atoms with van der Waals surface area (Å²) in [5.74, 6) is -1.06. The topological polar surface area (TPSA) is 0 Å². The van der Waals surface area contributed by atoms with Gasteiger partial charge < -0.3 is 12.9 Å². The minimum Gasteiger partial charge on any atom is -0.445 e. The maximum atomic E-state index is 13.4. The smallest absolute Gasteiger partial charge is 0.445 e. The Bertz CT molecular complexity index is 354. The Hall–Kier alpha value is -0.995. The molecule has 76 valence electrons. The van der Waals surface area contributed by atoms with Crippen LogP contribution in [0.4, 0.5) is 17.3 Å². The van der Waals surface area contributed by atoms with Gasteiger partial charge in [-0.05, 0) is 24.3 Å². The molecule has 1 fully saturated rings. The van der Waals surface area contributed by atoms with Crippen molar-refractivity contribution in [3.8, 4) is 0 Å². The van der Waals surface area contributed by atoms with Gasteiger partial charge in [-0.15, -0.1) is 0 Å². The molecular formula is C9H8BF4-. The van der Waals surface area contributed by atoms with Gasteiger partial charge in [0.15, 0.2) is 0 Å². The van der Waals surface area contributed by atoms with E-state index in [1.165, 1.54) is 12.1 Å². The third-order valence-electron chi connectivity index (χ3n) is 2.43. The van der Waals surface area contributed by atoms with Gasteiger partial charge in [0.2, 0.25) is 0 Å². The first-order chi connectivity index (χ1) is 6.50. The predicted octanol–water partition coefficient (Wildman–Crippen LogP) is 2.76. The molecule has 0 spiro atoms. The second kappa shape index (κ2) is 3.00. The van der Waals surface area contributed by atoms with Crippen LogP contribution in [0.3, 0.4) is 0 Å². The van der Waals surface area contributed by atoms with E-state index in [1.54, 1.807) is 0 Å². The van der Waals surface area contributed by atoms with Crippen LogP contribution >= 0.6 is 0 Å². The largest absolute Gasteiger partial charge is 0.512 e. The third-order valence-corrected chi connectivity index (χ3v) is 2.43. The van der Waals surface area contributed by atoms with E-state index in [0.29, 0.717) is 0 Å². The molecule has 14 heavy (non-hydrogen) atoms. The summed E-state index contributed by atoms with van der Waals surface area (Å²) in [5.41, 5.74) is -0.865. The molecule has 0 aromatic heterocycles. The highest BCUT2D eigenvalue weighted by Gasteiger charge is 2.33.